The smallest absolute Gasteiger partial charge is 0.333 e. The fourth-order valence-electron chi connectivity index (χ4n) is 7.52. The summed E-state index contributed by atoms with van der Waals surface area (Å²) < 4.78 is 11.3. The van der Waals surface area contributed by atoms with Crippen molar-refractivity contribution in [3.63, 3.8) is 0 Å². The summed E-state index contributed by atoms with van der Waals surface area (Å²) in [5.74, 6) is -2.84. The van der Waals surface area contributed by atoms with Gasteiger partial charge in [0, 0.05) is 101 Å². The zero-order chi connectivity index (χ0) is 44.2. The van der Waals surface area contributed by atoms with Crippen LogP contribution < -0.4 is 22.1 Å². The Balaban J connectivity index is 1.11. The second-order valence-electron chi connectivity index (χ2n) is 15.7. The highest BCUT2D eigenvalue weighted by Gasteiger charge is 2.34. The Bertz CT molecular complexity index is 2030. The number of hydrogen-bond acceptors (Lipinski definition) is 16. The predicted octanol–water partition coefficient (Wildman–Crippen LogP) is 3.11. The predicted molar refractivity (Wildman–Crippen MR) is 234 cm³/mol. The molecule has 328 valence electrons. The molecule has 2 unspecified atom stereocenters. The Morgan fingerprint density at radius 2 is 1.02 bits per heavy atom. The third kappa shape index (κ3) is 12.4. The van der Waals surface area contributed by atoms with Gasteiger partial charge >= 0.3 is 11.9 Å². The van der Waals surface area contributed by atoms with Gasteiger partial charge in [-0.1, -0.05) is 60.7 Å². The molecule has 2 aliphatic rings. The molecule has 2 aromatic carbocycles. The standard InChI is InChI=1S/C44H56N12O6/c1-29-25-47-43(45)51-37(29)49-39(41(59)53(3)33-17-21-55(22-18-33)27-31-11-7-5-8-12-31)61-35(57)15-16-36(58)62-40(50-38-30(2)26-48-44(46)52-38)42(60)54(4)34-19-23-56(24-20-34)28-32-13-9-6-10-14-32/h5-16,25-26,33-34,39-40H,17-24,27-28H2,1-4H3,(H3,45,47,49,51)(H3,46,48,50,52)/b16-15-. The normalized spacial score (nSPS) is 16.3. The van der Waals surface area contributed by atoms with Crippen LogP contribution in [0.15, 0.2) is 85.2 Å². The van der Waals surface area contributed by atoms with Gasteiger partial charge < -0.3 is 41.4 Å². The zero-order valence-corrected chi connectivity index (χ0v) is 35.6. The summed E-state index contributed by atoms with van der Waals surface area (Å²) in [5.41, 5.74) is 15.2. The van der Waals surface area contributed by atoms with E-state index in [-0.39, 0.29) is 35.6 Å². The molecule has 0 radical (unpaired) electrons. The van der Waals surface area contributed by atoms with E-state index in [2.05, 4.69) is 64.6 Å². The molecule has 2 aromatic heterocycles. The first-order valence-corrected chi connectivity index (χ1v) is 20.7. The number of aromatic nitrogens is 4. The van der Waals surface area contributed by atoms with Crippen molar-refractivity contribution in [2.24, 2.45) is 0 Å². The van der Waals surface area contributed by atoms with Crippen LogP contribution in [0.5, 0.6) is 0 Å². The maximum atomic E-state index is 14.0. The van der Waals surface area contributed by atoms with Crippen LogP contribution in [0.1, 0.15) is 47.9 Å². The van der Waals surface area contributed by atoms with Crippen LogP contribution in [-0.2, 0) is 41.7 Å². The van der Waals surface area contributed by atoms with E-state index < -0.39 is 36.2 Å². The van der Waals surface area contributed by atoms with E-state index in [1.54, 1.807) is 37.7 Å². The van der Waals surface area contributed by atoms with Gasteiger partial charge in [-0.3, -0.25) is 19.4 Å². The van der Waals surface area contributed by atoms with Crippen LogP contribution in [0.2, 0.25) is 0 Å². The Hall–Kier alpha value is -6.66. The summed E-state index contributed by atoms with van der Waals surface area (Å²) in [7, 11) is 3.33. The lowest BCUT2D eigenvalue weighted by Gasteiger charge is -2.38. The summed E-state index contributed by atoms with van der Waals surface area (Å²) in [6.45, 7) is 8.12. The number of carbonyl (C=O) groups excluding carboxylic acids is 4. The van der Waals surface area contributed by atoms with Gasteiger partial charge in [0.1, 0.15) is 11.6 Å². The topological polar surface area (TPSA) is 227 Å². The van der Waals surface area contributed by atoms with Crippen molar-refractivity contribution in [1.29, 1.82) is 0 Å². The number of nitrogens with zero attached hydrogens (tertiary/aromatic N) is 8. The summed E-state index contributed by atoms with van der Waals surface area (Å²) in [4.78, 5) is 78.9. The van der Waals surface area contributed by atoms with Crippen LogP contribution in [0.3, 0.4) is 0 Å². The maximum Gasteiger partial charge on any atom is 0.333 e. The Kier molecular flexibility index (Phi) is 15.4. The van der Waals surface area contributed by atoms with Crippen molar-refractivity contribution < 1.29 is 28.7 Å². The van der Waals surface area contributed by atoms with Gasteiger partial charge in [-0.25, -0.2) is 19.6 Å². The number of rotatable bonds is 16. The molecular formula is C44H56N12O6. The molecule has 2 saturated heterocycles. The van der Waals surface area contributed by atoms with E-state index >= 15 is 0 Å². The summed E-state index contributed by atoms with van der Waals surface area (Å²) in [6, 6.07) is 20.1. The number of likely N-dealkylation sites (tertiary alicyclic amines) is 2. The number of aryl methyl sites for hydroxylation is 2. The Morgan fingerprint density at radius 1 is 0.661 bits per heavy atom. The highest BCUT2D eigenvalue weighted by molar-refractivity contribution is 5.95. The Morgan fingerprint density at radius 3 is 1.37 bits per heavy atom. The third-order valence-electron chi connectivity index (χ3n) is 11.2. The molecule has 6 N–H and O–H groups in total. The number of nitrogens with two attached hydrogens (primary N) is 2. The molecule has 18 nitrogen and oxygen atoms in total. The molecule has 4 aromatic rings. The second-order valence-corrected chi connectivity index (χ2v) is 15.7. The minimum atomic E-state index is -1.54. The highest BCUT2D eigenvalue weighted by atomic mass is 16.6. The monoisotopic (exact) mass is 848 g/mol. The number of hydrogen-bond donors (Lipinski definition) is 4. The van der Waals surface area contributed by atoms with Crippen molar-refractivity contribution in [2.45, 2.75) is 77.2 Å². The molecule has 4 heterocycles. The first-order chi connectivity index (χ1) is 29.8. The minimum Gasteiger partial charge on any atom is -0.429 e. The van der Waals surface area contributed by atoms with Crippen molar-refractivity contribution in [3.8, 4) is 0 Å². The molecule has 0 aliphatic carbocycles. The molecule has 6 rings (SSSR count). The average Bonchev–Trinajstić information content (AvgIpc) is 3.28. The van der Waals surface area contributed by atoms with Crippen LogP contribution in [0.25, 0.3) is 0 Å². The summed E-state index contributed by atoms with van der Waals surface area (Å²) >= 11 is 0. The number of piperidine rings is 2. The quantitative estimate of drug-likeness (QED) is 0.0722. The van der Waals surface area contributed by atoms with Gasteiger partial charge in [0.15, 0.2) is 0 Å². The summed E-state index contributed by atoms with van der Waals surface area (Å²) in [6.07, 6.45) is 4.35. The Labute approximate surface area is 361 Å². The van der Waals surface area contributed by atoms with E-state index in [4.69, 9.17) is 20.9 Å². The molecule has 62 heavy (non-hydrogen) atoms. The van der Waals surface area contributed by atoms with Crippen LogP contribution in [0, 0.1) is 13.8 Å². The van der Waals surface area contributed by atoms with Crippen molar-refractivity contribution >= 4 is 47.3 Å². The van der Waals surface area contributed by atoms with Crippen LogP contribution in [0.4, 0.5) is 23.5 Å². The molecule has 0 saturated carbocycles. The highest BCUT2D eigenvalue weighted by Crippen LogP contribution is 2.23. The van der Waals surface area contributed by atoms with Gasteiger partial charge in [0.05, 0.1) is 0 Å². The number of nitrogen functional groups attached to an aromatic ring is 2. The van der Waals surface area contributed by atoms with E-state index in [0.717, 1.165) is 51.4 Å². The molecule has 0 bridgehead atoms. The van der Waals surface area contributed by atoms with Crippen molar-refractivity contribution in [3.05, 3.63) is 107 Å². The van der Waals surface area contributed by atoms with Gasteiger partial charge in [0.25, 0.3) is 24.3 Å². The van der Waals surface area contributed by atoms with Crippen LogP contribution in [-0.4, -0.2) is 128 Å². The first kappa shape index (κ1) is 44.9. The molecule has 0 spiro atoms. The van der Waals surface area contributed by atoms with Gasteiger partial charge in [-0.05, 0) is 50.7 Å². The van der Waals surface area contributed by atoms with E-state index in [1.165, 1.54) is 23.5 Å². The molecule has 18 heteroatoms. The summed E-state index contributed by atoms with van der Waals surface area (Å²) in [5, 5.41) is 5.80. The van der Waals surface area contributed by atoms with E-state index in [9.17, 15) is 19.2 Å². The number of esters is 2. The fraction of sp³-hybridized carbons (Fsp3) is 0.409. The van der Waals surface area contributed by atoms with Gasteiger partial charge in [0.2, 0.25) is 11.9 Å². The number of likely N-dealkylation sites (N-methyl/N-ethyl adjacent to an activating group) is 2. The lowest BCUT2D eigenvalue weighted by molar-refractivity contribution is -0.156. The molecule has 2 atom stereocenters. The third-order valence-corrected chi connectivity index (χ3v) is 11.2. The van der Waals surface area contributed by atoms with Crippen molar-refractivity contribution in [2.75, 3.05) is 62.4 Å². The average molecular weight is 849 g/mol. The lowest BCUT2D eigenvalue weighted by atomic mass is 10.0. The lowest BCUT2D eigenvalue weighted by Crippen LogP contribution is -2.51. The number of ether oxygens (including phenoxy) is 2. The first-order valence-electron chi connectivity index (χ1n) is 20.7. The molecule has 2 fully saturated rings. The molecule has 2 amide bonds. The number of nitrogens with one attached hydrogen (secondary N) is 2. The minimum absolute atomic E-state index is 0.0471. The second kappa shape index (κ2) is 21.2. The maximum absolute atomic E-state index is 14.0. The number of benzene rings is 2. The fourth-order valence-corrected chi connectivity index (χ4v) is 7.52. The van der Waals surface area contributed by atoms with Gasteiger partial charge in [-0.15, -0.1) is 0 Å². The number of amides is 2. The molecule has 2 aliphatic heterocycles. The van der Waals surface area contributed by atoms with E-state index in [0.29, 0.717) is 36.8 Å². The van der Waals surface area contributed by atoms with E-state index in [1.807, 2.05) is 36.4 Å². The molecular weight excluding hydrogens is 793 g/mol. The SMILES string of the molecule is Cc1cnc(N)nc1NC(OC(=O)/C=C\C(=O)OC(Nc1nc(N)ncc1C)C(=O)N(C)C1CCN(Cc2ccccc2)CC1)C(=O)N(C)C1CCN(Cc2ccccc2)CC1. The van der Waals surface area contributed by atoms with Crippen molar-refractivity contribution in [1.82, 2.24) is 39.5 Å². The zero-order valence-electron chi connectivity index (χ0n) is 35.6. The largest absolute Gasteiger partial charge is 0.429 e. The van der Waals surface area contributed by atoms with Gasteiger partial charge in [-0.2, -0.15) is 9.97 Å². The van der Waals surface area contributed by atoms with Crippen LogP contribution >= 0.6 is 0 Å². The number of carbonyl (C=O) groups is 4. The number of anilines is 4.